The van der Waals surface area contributed by atoms with E-state index < -0.39 is 0 Å². The van der Waals surface area contributed by atoms with Crippen molar-refractivity contribution in [1.82, 2.24) is 0 Å². The first kappa shape index (κ1) is 28.9. The van der Waals surface area contributed by atoms with E-state index in [2.05, 4.69) is 20.8 Å². The van der Waals surface area contributed by atoms with Gasteiger partial charge in [-0.2, -0.15) is 0 Å². The molecule has 0 N–H and O–H groups in total. The van der Waals surface area contributed by atoms with Crippen LogP contribution in [-0.4, -0.2) is 25.2 Å². The molecule has 0 aliphatic rings. The van der Waals surface area contributed by atoms with Crippen molar-refractivity contribution in [2.75, 3.05) is 13.2 Å². The van der Waals surface area contributed by atoms with E-state index in [4.69, 9.17) is 9.47 Å². The third-order valence-electron chi connectivity index (χ3n) is 5.68. The quantitative estimate of drug-likeness (QED) is 0.131. The fourth-order valence-corrected chi connectivity index (χ4v) is 3.65. The van der Waals surface area contributed by atoms with E-state index >= 15 is 0 Å². The van der Waals surface area contributed by atoms with E-state index in [0.29, 0.717) is 26.1 Å². The predicted molar refractivity (Wildman–Crippen MR) is 126 cm³/mol. The minimum Gasteiger partial charge on any atom is -0.466 e. The van der Waals surface area contributed by atoms with Gasteiger partial charge in [0.15, 0.2) is 0 Å². The summed E-state index contributed by atoms with van der Waals surface area (Å²) in [6, 6.07) is 0. The molecule has 0 spiro atoms. The number of carbonyl (C=O) groups is 2. The van der Waals surface area contributed by atoms with Crippen molar-refractivity contribution in [3.8, 4) is 0 Å². The zero-order valence-corrected chi connectivity index (χ0v) is 20.4. The van der Waals surface area contributed by atoms with Crippen molar-refractivity contribution in [3.05, 3.63) is 0 Å². The highest BCUT2D eigenvalue weighted by molar-refractivity contribution is 5.72. The van der Waals surface area contributed by atoms with E-state index in [9.17, 15) is 9.59 Å². The molecule has 0 amide bonds. The van der Waals surface area contributed by atoms with Crippen LogP contribution < -0.4 is 0 Å². The number of carbonyl (C=O) groups excluding carboxylic acids is 2. The number of ether oxygens (including phenoxy) is 2. The van der Waals surface area contributed by atoms with Gasteiger partial charge in [-0.3, -0.25) is 9.59 Å². The van der Waals surface area contributed by atoms with E-state index in [1.807, 2.05) is 0 Å². The van der Waals surface area contributed by atoms with E-state index in [1.54, 1.807) is 0 Å². The molecule has 0 saturated heterocycles. The second kappa shape index (κ2) is 22.6. The molecule has 0 aliphatic carbocycles. The minimum absolute atomic E-state index is 0.0620. The maximum absolute atomic E-state index is 12.6. The molecule has 0 bridgehead atoms. The Balaban J connectivity index is 4.16. The molecular weight excluding hydrogens is 376 g/mol. The van der Waals surface area contributed by atoms with Gasteiger partial charge in [0.05, 0.1) is 19.1 Å². The molecule has 1 unspecified atom stereocenters. The largest absolute Gasteiger partial charge is 0.466 e. The summed E-state index contributed by atoms with van der Waals surface area (Å²) in [5.74, 6) is -0.259. The Kier molecular flexibility index (Phi) is 21.8. The van der Waals surface area contributed by atoms with Crippen LogP contribution in [0.3, 0.4) is 0 Å². The first-order valence-corrected chi connectivity index (χ1v) is 13.0. The minimum atomic E-state index is -0.127. The lowest BCUT2D eigenvalue weighted by Crippen LogP contribution is -2.19. The predicted octanol–water partition coefficient (Wildman–Crippen LogP) is 7.77. The first-order chi connectivity index (χ1) is 14.7. The highest BCUT2D eigenvalue weighted by Crippen LogP contribution is 2.20. The van der Waals surface area contributed by atoms with Crippen molar-refractivity contribution in [1.29, 1.82) is 0 Å². The third kappa shape index (κ3) is 18.9. The van der Waals surface area contributed by atoms with Crippen LogP contribution in [0.1, 0.15) is 136 Å². The van der Waals surface area contributed by atoms with Crippen molar-refractivity contribution in [2.24, 2.45) is 5.92 Å². The van der Waals surface area contributed by atoms with Gasteiger partial charge in [-0.1, -0.05) is 97.8 Å². The monoisotopic (exact) mass is 426 g/mol. The average molecular weight is 427 g/mol. The smallest absolute Gasteiger partial charge is 0.308 e. The van der Waals surface area contributed by atoms with E-state index in [-0.39, 0.29) is 17.9 Å². The highest BCUT2D eigenvalue weighted by atomic mass is 16.5. The van der Waals surface area contributed by atoms with E-state index in [1.165, 1.54) is 57.8 Å². The average Bonchev–Trinajstić information content (AvgIpc) is 2.74. The Labute approximate surface area is 186 Å². The zero-order chi connectivity index (χ0) is 22.3. The lowest BCUT2D eigenvalue weighted by molar-refractivity contribution is -0.150. The molecule has 4 heteroatoms. The lowest BCUT2D eigenvalue weighted by Gasteiger charge is -2.16. The maximum Gasteiger partial charge on any atom is 0.308 e. The molecule has 0 heterocycles. The molecule has 4 nitrogen and oxygen atoms in total. The van der Waals surface area contributed by atoms with Crippen LogP contribution >= 0.6 is 0 Å². The maximum atomic E-state index is 12.6. The molecule has 1 atom stereocenters. The van der Waals surface area contributed by atoms with Crippen LogP contribution in [0.15, 0.2) is 0 Å². The summed E-state index contributed by atoms with van der Waals surface area (Å²) in [4.78, 5) is 24.5. The molecule has 0 rings (SSSR count). The van der Waals surface area contributed by atoms with Crippen LogP contribution in [0.5, 0.6) is 0 Å². The molecule has 178 valence electrons. The van der Waals surface area contributed by atoms with Crippen LogP contribution in [0.25, 0.3) is 0 Å². The van der Waals surface area contributed by atoms with Gasteiger partial charge in [-0.15, -0.1) is 0 Å². The molecule has 0 fully saturated rings. The molecule has 0 aromatic heterocycles. The number of hydrogen-bond acceptors (Lipinski definition) is 4. The summed E-state index contributed by atoms with van der Waals surface area (Å²) in [7, 11) is 0. The molecule has 0 aromatic carbocycles. The zero-order valence-electron chi connectivity index (χ0n) is 20.4. The van der Waals surface area contributed by atoms with Gasteiger partial charge < -0.3 is 9.47 Å². The topological polar surface area (TPSA) is 52.6 Å². The number of unbranched alkanes of at least 4 members (excludes halogenated alkanes) is 11. The Morgan fingerprint density at radius 3 is 1.63 bits per heavy atom. The van der Waals surface area contributed by atoms with Crippen LogP contribution in [-0.2, 0) is 19.1 Å². The van der Waals surface area contributed by atoms with Gasteiger partial charge in [0.25, 0.3) is 0 Å². The summed E-state index contributed by atoms with van der Waals surface area (Å²) in [5.41, 5.74) is 0. The van der Waals surface area contributed by atoms with Crippen molar-refractivity contribution >= 4 is 11.9 Å². The van der Waals surface area contributed by atoms with Crippen LogP contribution in [0.4, 0.5) is 0 Å². The standard InChI is InChI=1S/C26H50O4/c1-4-7-10-13-14-15-19-24(26(28)30-23-17-12-9-6-3)20-18-21-25(27)29-22-16-11-8-5-2/h24H,4-23H2,1-3H3. The van der Waals surface area contributed by atoms with Gasteiger partial charge in [0, 0.05) is 6.42 Å². The Hall–Kier alpha value is -1.06. The lowest BCUT2D eigenvalue weighted by atomic mass is 9.95. The van der Waals surface area contributed by atoms with Crippen molar-refractivity contribution in [3.63, 3.8) is 0 Å². The number of rotatable bonds is 22. The van der Waals surface area contributed by atoms with Gasteiger partial charge in [-0.05, 0) is 32.1 Å². The SMILES string of the molecule is CCCCCCCCC(CCCC(=O)OCCCCCC)C(=O)OCCCCCC. The van der Waals surface area contributed by atoms with Gasteiger partial charge >= 0.3 is 11.9 Å². The molecule has 0 aromatic rings. The van der Waals surface area contributed by atoms with Gasteiger partial charge in [0.2, 0.25) is 0 Å². The summed E-state index contributed by atoms with van der Waals surface area (Å²) in [6.45, 7) is 7.64. The summed E-state index contributed by atoms with van der Waals surface area (Å²) < 4.78 is 10.9. The Bertz CT molecular complexity index is 394. The molecule has 0 saturated carbocycles. The molecule has 30 heavy (non-hydrogen) atoms. The Morgan fingerprint density at radius 2 is 1.03 bits per heavy atom. The normalized spacial score (nSPS) is 12.0. The Morgan fingerprint density at radius 1 is 0.567 bits per heavy atom. The summed E-state index contributed by atoms with van der Waals surface area (Å²) >= 11 is 0. The molecular formula is C26H50O4. The van der Waals surface area contributed by atoms with Crippen LogP contribution in [0.2, 0.25) is 0 Å². The second-order valence-electron chi connectivity index (χ2n) is 8.65. The second-order valence-corrected chi connectivity index (χ2v) is 8.65. The van der Waals surface area contributed by atoms with Crippen molar-refractivity contribution < 1.29 is 19.1 Å². The fraction of sp³-hybridized carbons (Fsp3) is 0.923. The van der Waals surface area contributed by atoms with Crippen LogP contribution in [0, 0.1) is 5.92 Å². The fourth-order valence-electron chi connectivity index (χ4n) is 3.65. The highest BCUT2D eigenvalue weighted by Gasteiger charge is 2.20. The van der Waals surface area contributed by atoms with Gasteiger partial charge in [0.1, 0.15) is 0 Å². The number of esters is 2. The summed E-state index contributed by atoms with van der Waals surface area (Å²) in [5, 5.41) is 0. The number of hydrogen-bond donors (Lipinski definition) is 0. The van der Waals surface area contributed by atoms with Gasteiger partial charge in [-0.25, -0.2) is 0 Å². The third-order valence-corrected chi connectivity index (χ3v) is 5.68. The first-order valence-electron chi connectivity index (χ1n) is 13.0. The molecule has 0 aliphatic heterocycles. The van der Waals surface area contributed by atoms with E-state index in [0.717, 1.165) is 44.9 Å². The summed E-state index contributed by atoms with van der Waals surface area (Å²) in [6.07, 6.45) is 19.0. The van der Waals surface area contributed by atoms with Crippen molar-refractivity contribution in [2.45, 2.75) is 136 Å². The molecule has 0 radical (unpaired) electrons.